The van der Waals surface area contributed by atoms with Gasteiger partial charge in [0.2, 0.25) is 5.82 Å². The Morgan fingerprint density at radius 2 is 1.52 bits per heavy atom. The minimum Gasteiger partial charge on any atom is -0.272 e. The summed E-state index contributed by atoms with van der Waals surface area (Å²) in [6, 6.07) is 14.9. The van der Waals surface area contributed by atoms with Crippen molar-refractivity contribution in [2.45, 2.75) is 26.3 Å². The summed E-state index contributed by atoms with van der Waals surface area (Å²) in [5.74, 6) is 0.426. The fourth-order valence-corrected chi connectivity index (χ4v) is 3.10. The SMILES string of the molecule is CC(C)c1ccc(-c2nnn(CCN3C(=O)c4ccccc4C3=O)n2)cc1. The molecule has 1 aliphatic heterocycles. The van der Waals surface area contributed by atoms with Crippen LogP contribution >= 0.6 is 0 Å². The van der Waals surface area contributed by atoms with E-state index < -0.39 is 0 Å². The molecular formula is C20H19N5O2. The third-order valence-electron chi connectivity index (χ3n) is 4.69. The van der Waals surface area contributed by atoms with Gasteiger partial charge < -0.3 is 0 Å². The Kier molecular flexibility index (Phi) is 4.27. The van der Waals surface area contributed by atoms with Gasteiger partial charge in [0.05, 0.1) is 24.2 Å². The smallest absolute Gasteiger partial charge is 0.261 e. The molecule has 0 spiro atoms. The van der Waals surface area contributed by atoms with Crippen molar-refractivity contribution in [3.8, 4) is 11.4 Å². The molecule has 0 saturated heterocycles. The maximum Gasteiger partial charge on any atom is 0.261 e. The molecule has 0 fully saturated rings. The first-order valence-corrected chi connectivity index (χ1v) is 8.88. The van der Waals surface area contributed by atoms with Crippen molar-refractivity contribution in [3.63, 3.8) is 0 Å². The molecule has 2 aromatic carbocycles. The molecule has 0 saturated carbocycles. The molecule has 3 aromatic rings. The van der Waals surface area contributed by atoms with Crippen molar-refractivity contribution in [1.29, 1.82) is 0 Å². The molecule has 1 aliphatic rings. The van der Waals surface area contributed by atoms with E-state index in [0.29, 0.717) is 29.4 Å². The molecule has 0 bridgehead atoms. The lowest BCUT2D eigenvalue weighted by molar-refractivity contribution is 0.0645. The zero-order valence-electron chi connectivity index (χ0n) is 15.2. The van der Waals surface area contributed by atoms with Crippen molar-refractivity contribution < 1.29 is 9.59 Å². The van der Waals surface area contributed by atoms with E-state index in [1.54, 1.807) is 24.3 Å². The number of amides is 2. The van der Waals surface area contributed by atoms with E-state index in [4.69, 9.17) is 0 Å². The number of fused-ring (bicyclic) bond motifs is 1. The normalized spacial score (nSPS) is 13.5. The van der Waals surface area contributed by atoms with Gasteiger partial charge in [-0.15, -0.1) is 10.2 Å². The molecule has 0 aliphatic carbocycles. The first-order valence-electron chi connectivity index (χ1n) is 8.88. The minimum atomic E-state index is -0.278. The van der Waals surface area contributed by atoms with E-state index in [2.05, 4.69) is 41.4 Å². The number of benzene rings is 2. The van der Waals surface area contributed by atoms with Crippen LogP contribution in [0.4, 0.5) is 0 Å². The summed E-state index contributed by atoms with van der Waals surface area (Å²) in [4.78, 5) is 27.4. The van der Waals surface area contributed by atoms with Gasteiger partial charge in [-0.1, -0.05) is 50.2 Å². The van der Waals surface area contributed by atoms with E-state index in [-0.39, 0.29) is 18.4 Å². The predicted molar refractivity (Wildman–Crippen MR) is 99.2 cm³/mol. The average molecular weight is 361 g/mol. The zero-order chi connectivity index (χ0) is 19.0. The molecule has 7 nitrogen and oxygen atoms in total. The summed E-state index contributed by atoms with van der Waals surface area (Å²) in [7, 11) is 0. The van der Waals surface area contributed by atoms with Crippen molar-refractivity contribution >= 4 is 11.8 Å². The van der Waals surface area contributed by atoms with Crippen LogP contribution < -0.4 is 0 Å². The van der Waals surface area contributed by atoms with Crippen LogP contribution in [0.5, 0.6) is 0 Å². The highest BCUT2D eigenvalue weighted by atomic mass is 16.2. The van der Waals surface area contributed by atoms with Crippen LogP contribution in [0.1, 0.15) is 46.0 Å². The van der Waals surface area contributed by atoms with Crippen LogP contribution in [-0.4, -0.2) is 43.5 Å². The van der Waals surface area contributed by atoms with E-state index >= 15 is 0 Å². The number of carbonyl (C=O) groups is 2. The molecule has 1 aromatic heterocycles. The van der Waals surface area contributed by atoms with Gasteiger partial charge in [0.25, 0.3) is 11.8 Å². The van der Waals surface area contributed by atoms with Gasteiger partial charge in [-0.3, -0.25) is 14.5 Å². The fourth-order valence-electron chi connectivity index (χ4n) is 3.10. The van der Waals surface area contributed by atoms with Gasteiger partial charge >= 0.3 is 0 Å². The second kappa shape index (κ2) is 6.75. The second-order valence-electron chi connectivity index (χ2n) is 6.79. The molecule has 27 heavy (non-hydrogen) atoms. The lowest BCUT2D eigenvalue weighted by atomic mass is 10.0. The molecular weight excluding hydrogens is 342 g/mol. The Morgan fingerprint density at radius 3 is 2.11 bits per heavy atom. The van der Waals surface area contributed by atoms with E-state index in [9.17, 15) is 9.59 Å². The van der Waals surface area contributed by atoms with Gasteiger partial charge in [0.15, 0.2) is 0 Å². The maximum absolute atomic E-state index is 12.4. The average Bonchev–Trinajstić information content (AvgIpc) is 3.25. The van der Waals surface area contributed by atoms with Crippen LogP contribution in [0.2, 0.25) is 0 Å². The van der Waals surface area contributed by atoms with Crippen LogP contribution in [0.3, 0.4) is 0 Å². The lowest BCUT2D eigenvalue weighted by Crippen LogP contribution is -2.33. The Balaban J connectivity index is 1.45. The minimum absolute atomic E-state index is 0.203. The molecule has 2 amide bonds. The molecule has 2 heterocycles. The molecule has 136 valence electrons. The number of tetrazole rings is 1. The van der Waals surface area contributed by atoms with Crippen LogP contribution in [-0.2, 0) is 6.54 Å². The highest BCUT2D eigenvalue weighted by Crippen LogP contribution is 2.22. The highest BCUT2D eigenvalue weighted by molar-refractivity contribution is 6.21. The van der Waals surface area contributed by atoms with Gasteiger partial charge in [-0.25, -0.2) is 0 Å². The third-order valence-corrected chi connectivity index (χ3v) is 4.69. The zero-order valence-corrected chi connectivity index (χ0v) is 15.2. The van der Waals surface area contributed by atoms with Crippen molar-refractivity contribution in [2.75, 3.05) is 6.54 Å². The Morgan fingerprint density at radius 1 is 0.889 bits per heavy atom. The number of hydrogen-bond acceptors (Lipinski definition) is 5. The summed E-state index contributed by atoms with van der Waals surface area (Å²) in [5.41, 5.74) is 3.02. The number of carbonyl (C=O) groups excluding carboxylic acids is 2. The molecule has 0 radical (unpaired) electrons. The summed E-state index contributed by atoms with van der Waals surface area (Å²) < 4.78 is 0. The van der Waals surface area contributed by atoms with E-state index in [1.807, 2.05) is 12.1 Å². The maximum atomic E-state index is 12.4. The molecule has 0 unspecified atom stereocenters. The van der Waals surface area contributed by atoms with E-state index in [0.717, 1.165) is 5.56 Å². The largest absolute Gasteiger partial charge is 0.272 e. The quantitative estimate of drug-likeness (QED) is 0.653. The van der Waals surface area contributed by atoms with Crippen molar-refractivity contribution in [2.24, 2.45) is 0 Å². The summed E-state index contributed by atoms with van der Waals surface area (Å²) in [6.45, 7) is 4.78. The first kappa shape index (κ1) is 17.1. The third kappa shape index (κ3) is 3.12. The first-order chi connectivity index (χ1) is 13.0. The van der Waals surface area contributed by atoms with Gasteiger partial charge in [-0.2, -0.15) is 4.80 Å². The topological polar surface area (TPSA) is 81.0 Å². The summed E-state index contributed by atoms with van der Waals surface area (Å²) in [6.07, 6.45) is 0. The monoisotopic (exact) mass is 361 g/mol. The Bertz CT molecular complexity index is 972. The van der Waals surface area contributed by atoms with Crippen molar-refractivity contribution in [1.82, 2.24) is 25.1 Å². The highest BCUT2D eigenvalue weighted by Gasteiger charge is 2.34. The molecule has 4 rings (SSSR count). The number of aromatic nitrogens is 4. The number of imide groups is 1. The van der Waals surface area contributed by atoms with E-state index in [1.165, 1.54) is 15.3 Å². The number of nitrogens with zero attached hydrogens (tertiary/aromatic N) is 5. The molecule has 0 atom stereocenters. The Labute approximate surface area is 156 Å². The fraction of sp³-hybridized carbons (Fsp3) is 0.250. The number of hydrogen-bond donors (Lipinski definition) is 0. The Hall–Kier alpha value is -3.35. The van der Waals surface area contributed by atoms with Crippen LogP contribution in [0, 0.1) is 0 Å². The summed E-state index contributed by atoms with van der Waals surface area (Å²) in [5, 5.41) is 12.5. The van der Waals surface area contributed by atoms with Crippen LogP contribution in [0.15, 0.2) is 48.5 Å². The molecule has 0 N–H and O–H groups in total. The predicted octanol–water partition coefficient (Wildman–Crippen LogP) is 2.76. The second-order valence-corrected chi connectivity index (χ2v) is 6.79. The van der Waals surface area contributed by atoms with Crippen molar-refractivity contribution in [3.05, 3.63) is 65.2 Å². The van der Waals surface area contributed by atoms with Gasteiger partial charge in [0.1, 0.15) is 0 Å². The van der Waals surface area contributed by atoms with Gasteiger partial charge in [-0.05, 0) is 28.8 Å². The van der Waals surface area contributed by atoms with Gasteiger partial charge in [0, 0.05) is 5.56 Å². The summed E-state index contributed by atoms with van der Waals surface area (Å²) >= 11 is 0. The van der Waals surface area contributed by atoms with Crippen LogP contribution in [0.25, 0.3) is 11.4 Å². The lowest BCUT2D eigenvalue weighted by Gasteiger charge is -2.12. The molecule has 7 heteroatoms. The standard InChI is InChI=1S/C20H19N5O2/c1-13(2)14-7-9-15(10-8-14)18-21-23-25(22-18)12-11-24-19(26)16-5-3-4-6-17(16)20(24)27/h3-10,13H,11-12H2,1-2H3. The number of rotatable bonds is 5.